The third-order valence-electron chi connectivity index (χ3n) is 7.15. The van der Waals surface area contributed by atoms with E-state index < -0.39 is 12.1 Å². The summed E-state index contributed by atoms with van der Waals surface area (Å²) in [6.45, 7) is 7.71. The number of halogens is 4. The minimum atomic E-state index is -5.08. The Balaban J connectivity index is 0.000000559. The number of nitriles is 1. The highest BCUT2D eigenvalue weighted by molar-refractivity contribution is 9.10. The maximum absolute atomic E-state index is 13.3. The van der Waals surface area contributed by atoms with Crippen LogP contribution in [0.1, 0.15) is 47.9 Å². The highest BCUT2D eigenvalue weighted by Crippen LogP contribution is 2.35. The number of Topliss-reactive ketones (excluding diaryl/α,β-unsaturated/α-hetero) is 1. The molecule has 4 rings (SSSR count). The summed E-state index contributed by atoms with van der Waals surface area (Å²) in [5.41, 5.74) is 1.94. The lowest BCUT2D eigenvalue weighted by Gasteiger charge is -2.33. The number of hydrogen-bond donors (Lipinski definition) is 1. The van der Waals surface area contributed by atoms with Crippen molar-refractivity contribution in [3.8, 4) is 6.07 Å². The van der Waals surface area contributed by atoms with E-state index in [0.29, 0.717) is 21.8 Å². The van der Waals surface area contributed by atoms with Gasteiger partial charge in [-0.15, -0.1) is 0 Å². The average Bonchev–Trinajstić information content (AvgIpc) is 3.34. The van der Waals surface area contributed by atoms with Crippen molar-refractivity contribution in [2.24, 2.45) is 5.92 Å². The molecule has 40 heavy (non-hydrogen) atoms. The molecule has 2 atom stereocenters. The summed E-state index contributed by atoms with van der Waals surface area (Å²) in [7, 11) is 2.16. The molecule has 0 radical (unpaired) electrons. The van der Waals surface area contributed by atoms with Crippen LogP contribution in [0.15, 0.2) is 34.9 Å². The van der Waals surface area contributed by atoms with Gasteiger partial charge in [0, 0.05) is 50.5 Å². The van der Waals surface area contributed by atoms with E-state index in [1.807, 2.05) is 18.2 Å². The maximum atomic E-state index is 13.3. The van der Waals surface area contributed by atoms with Crippen LogP contribution in [-0.4, -0.2) is 88.6 Å². The van der Waals surface area contributed by atoms with Gasteiger partial charge in [-0.25, -0.2) is 14.8 Å². The van der Waals surface area contributed by atoms with Gasteiger partial charge in [-0.1, -0.05) is 37.6 Å². The Hall–Kier alpha value is -3.08. The summed E-state index contributed by atoms with van der Waals surface area (Å²) >= 11 is 3.54. The molecule has 216 valence electrons. The van der Waals surface area contributed by atoms with Gasteiger partial charge in [0.1, 0.15) is 11.9 Å². The van der Waals surface area contributed by atoms with E-state index >= 15 is 0 Å². The minimum Gasteiger partial charge on any atom is -0.475 e. The number of benzene rings is 1. The Bertz CT molecular complexity index is 1210. The van der Waals surface area contributed by atoms with Crippen LogP contribution in [0.3, 0.4) is 0 Å². The fraction of sp³-hybridized carbons (Fsp3) is 0.519. The smallest absolute Gasteiger partial charge is 0.475 e. The number of aromatic nitrogens is 2. The predicted octanol–water partition coefficient (Wildman–Crippen LogP) is 4.37. The normalized spacial score (nSPS) is 19.8. The predicted molar refractivity (Wildman–Crippen MR) is 146 cm³/mol. The Kier molecular flexibility index (Phi) is 11.0. The second-order valence-electron chi connectivity index (χ2n) is 10.1. The molecule has 9 nitrogen and oxygen atoms in total. The van der Waals surface area contributed by atoms with Gasteiger partial charge in [-0.2, -0.15) is 18.4 Å². The number of ketones is 1. The number of carbonyl (C=O) groups is 2. The number of carboxylic acid groups (broad SMARTS) is 1. The van der Waals surface area contributed by atoms with Crippen LogP contribution < -0.4 is 4.90 Å². The van der Waals surface area contributed by atoms with Gasteiger partial charge in [-0.3, -0.25) is 9.69 Å². The van der Waals surface area contributed by atoms with Crippen molar-refractivity contribution in [2.45, 2.75) is 44.9 Å². The topological polar surface area (TPSA) is 114 Å². The molecule has 2 aliphatic rings. The maximum Gasteiger partial charge on any atom is 0.490 e. The Labute approximate surface area is 239 Å². The summed E-state index contributed by atoms with van der Waals surface area (Å²) < 4.78 is 32.4. The van der Waals surface area contributed by atoms with E-state index in [2.05, 4.69) is 66.7 Å². The second-order valence-corrected chi connectivity index (χ2v) is 10.9. The van der Waals surface area contributed by atoms with Crippen molar-refractivity contribution in [2.75, 3.05) is 44.7 Å². The number of rotatable bonds is 7. The standard InChI is InChI=1S/C25H31BrN6O.C2HF3O2/c1-18-4-3-5-22(18)32(25-21(26)15-28-24(14-27)29-25)17-23(33)20-8-6-19(7-9-20)16-31-12-10-30(2)11-13-31;3-2(4,5)1(6)7/h6-9,15,18,22H,3-5,10-13,16-17H2,1-2H3;(H,6,7)/t18-,22-;/m0./s1. The van der Waals surface area contributed by atoms with Crippen LogP contribution in [0.2, 0.25) is 0 Å². The molecule has 1 saturated carbocycles. The highest BCUT2D eigenvalue weighted by atomic mass is 79.9. The summed E-state index contributed by atoms with van der Waals surface area (Å²) in [5, 5.41) is 16.4. The molecule has 0 unspecified atom stereocenters. The van der Waals surface area contributed by atoms with Crippen LogP contribution in [0, 0.1) is 17.2 Å². The SMILES string of the molecule is C[C@H]1CCC[C@@H]1N(CC(=O)c1ccc(CN2CCN(C)CC2)cc1)c1nc(C#N)ncc1Br.O=C(O)C(F)(F)F. The first kappa shape index (κ1) is 31.4. The molecule has 0 bridgehead atoms. The van der Waals surface area contributed by atoms with Crippen LogP contribution in [0.25, 0.3) is 0 Å². The lowest BCUT2D eigenvalue weighted by Crippen LogP contribution is -2.43. The summed E-state index contributed by atoms with van der Waals surface area (Å²) in [6, 6.07) is 10.3. The van der Waals surface area contributed by atoms with Crippen LogP contribution >= 0.6 is 15.9 Å². The monoisotopic (exact) mass is 624 g/mol. The van der Waals surface area contributed by atoms with Crippen LogP contribution in [0.5, 0.6) is 0 Å². The number of carboxylic acids is 1. The molecule has 1 aromatic carbocycles. The number of alkyl halides is 3. The third-order valence-corrected chi connectivity index (χ3v) is 7.71. The van der Waals surface area contributed by atoms with Gasteiger partial charge in [0.2, 0.25) is 5.82 Å². The number of aliphatic carboxylic acids is 1. The Morgan fingerprint density at radius 3 is 2.33 bits per heavy atom. The van der Waals surface area contributed by atoms with E-state index in [1.165, 1.54) is 5.56 Å². The summed E-state index contributed by atoms with van der Waals surface area (Å²) in [6.07, 6.45) is -0.211. The number of nitrogens with zero attached hydrogens (tertiary/aromatic N) is 6. The van der Waals surface area contributed by atoms with E-state index in [4.69, 9.17) is 9.90 Å². The van der Waals surface area contributed by atoms with Gasteiger partial charge in [-0.05, 0) is 47.3 Å². The molecular weight excluding hydrogens is 593 g/mol. The first-order valence-corrected chi connectivity index (χ1v) is 13.7. The van der Waals surface area contributed by atoms with Crippen molar-refractivity contribution in [3.05, 3.63) is 51.9 Å². The largest absolute Gasteiger partial charge is 0.490 e. The molecule has 0 amide bonds. The van der Waals surface area contributed by atoms with Crippen molar-refractivity contribution >= 4 is 33.5 Å². The fourth-order valence-electron chi connectivity index (χ4n) is 4.86. The zero-order chi connectivity index (χ0) is 29.4. The number of piperazine rings is 1. The number of likely N-dealkylation sites (N-methyl/N-ethyl adjacent to an activating group) is 1. The first-order chi connectivity index (χ1) is 18.9. The molecule has 1 aliphatic heterocycles. The number of hydrogen-bond acceptors (Lipinski definition) is 8. The van der Waals surface area contributed by atoms with Crippen molar-refractivity contribution in [3.63, 3.8) is 0 Å². The lowest BCUT2D eigenvalue weighted by atomic mass is 10.0. The summed E-state index contributed by atoms with van der Waals surface area (Å²) in [5.74, 6) is -1.50. The lowest BCUT2D eigenvalue weighted by molar-refractivity contribution is -0.192. The van der Waals surface area contributed by atoms with E-state index in [-0.39, 0.29) is 24.2 Å². The molecular formula is C27H32BrF3N6O3. The third kappa shape index (κ3) is 8.71. The van der Waals surface area contributed by atoms with Gasteiger partial charge >= 0.3 is 12.1 Å². The zero-order valence-electron chi connectivity index (χ0n) is 22.4. The molecule has 2 fully saturated rings. The van der Waals surface area contributed by atoms with Crippen molar-refractivity contribution in [1.29, 1.82) is 5.26 Å². The molecule has 1 aromatic heterocycles. The van der Waals surface area contributed by atoms with E-state index in [0.717, 1.165) is 52.0 Å². The van der Waals surface area contributed by atoms with Gasteiger partial charge < -0.3 is 14.9 Å². The molecule has 0 spiro atoms. The van der Waals surface area contributed by atoms with Crippen molar-refractivity contribution < 1.29 is 27.9 Å². The summed E-state index contributed by atoms with van der Waals surface area (Å²) in [4.78, 5) is 37.6. The first-order valence-electron chi connectivity index (χ1n) is 12.9. The van der Waals surface area contributed by atoms with E-state index in [9.17, 15) is 23.2 Å². The molecule has 13 heteroatoms. The van der Waals surface area contributed by atoms with Crippen LogP contribution in [0.4, 0.5) is 19.0 Å². The number of carbonyl (C=O) groups excluding carboxylic acids is 1. The highest BCUT2D eigenvalue weighted by Gasteiger charge is 2.38. The van der Waals surface area contributed by atoms with Gasteiger partial charge in [0.05, 0.1) is 11.0 Å². The van der Waals surface area contributed by atoms with Crippen LogP contribution in [-0.2, 0) is 11.3 Å². The second kappa shape index (κ2) is 14.0. The molecule has 2 heterocycles. The molecule has 1 aliphatic carbocycles. The van der Waals surface area contributed by atoms with Gasteiger partial charge in [0.15, 0.2) is 5.78 Å². The fourth-order valence-corrected chi connectivity index (χ4v) is 5.28. The number of anilines is 1. The molecule has 1 saturated heterocycles. The minimum absolute atomic E-state index is 0.0595. The molecule has 1 N–H and O–H groups in total. The average molecular weight is 625 g/mol. The zero-order valence-corrected chi connectivity index (χ0v) is 24.0. The Morgan fingerprint density at radius 2 is 1.80 bits per heavy atom. The Morgan fingerprint density at radius 1 is 1.18 bits per heavy atom. The van der Waals surface area contributed by atoms with Crippen molar-refractivity contribution in [1.82, 2.24) is 19.8 Å². The quantitative estimate of drug-likeness (QED) is 0.449. The van der Waals surface area contributed by atoms with Gasteiger partial charge in [0.25, 0.3) is 0 Å². The molecule has 2 aromatic rings. The van der Waals surface area contributed by atoms with E-state index in [1.54, 1.807) is 6.20 Å².